The van der Waals surface area contributed by atoms with Crippen molar-refractivity contribution in [1.29, 1.82) is 0 Å². The van der Waals surface area contributed by atoms with E-state index in [4.69, 9.17) is 9.84 Å². The maximum Gasteiger partial charge on any atom is 0.398 e. The van der Waals surface area contributed by atoms with Crippen molar-refractivity contribution >= 4 is 5.97 Å². The van der Waals surface area contributed by atoms with E-state index in [-0.39, 0.29) is 13.0 Å². The molecule has 0 saturated carbocycles. The first-order valence-electron chi connectivity index (χ1n) is 6.96. The number of alkyl halides is 3. The first kappa shape index (κ1) is 18.3. The van der Waals surface area contributed by atoms with Gasteiger partial charge in [0.05, 0.1) is 11.7 Å². The number of phenols is 1. The van der Waals surface area contributed by atoms with Gasteiger partial charge in [0.15, 0.2) is 0 Å². The van der Waals surface area contributed by atoms with Crippen molar-refractivity contribution in [2.24, 2.45) is 0 Å². The van der Waals surface area contributed by atoms with Gasteiger partial charge in [-0.15, -0.1) is 0 Å². The summed E-state index contributed by atoms with van der Waals surface area (Å²) in [6.07, 6.45) is -5.30. The molecule has 0 amide bonds. The number of carboxylic acids is 1. The fourth-order valence-corrected chi connectivity index (χ4v) is 2.43. The summed E-state index contributed by atoms with van der Waals surface area (Å²) < 4.78 is 45.8. The molecular formula is C15H19F3O4. The molecule has 1 aromatic carbocycles. The Morgan fingerprint density at radius 3 is 2.41 bits per heavy atom. The Bertz CT molecular complexity index is 508. The third-order valence-electron chi connectivity index (χ3n) is 3.28. The highest BCUT2D eigenvalue weighted by atomic mass is 19.4. The van der Waals surface area contributed by atoms with Crippen LogP contribution in [0.3, 0.4) is 0 Å². The molecule has 124 valence electrons. The van der Waals surface area contributed by atoms with Gasteiger partial charge >= 0.3 is 12.1 Å². The van der Waals surface area contributed by atoms with Crippen LogP contribution in [0.2, 0.25) is 0 Å². The summed E-state index contributed by atoms with van der Waals surface area (Å²) in [5.41, 5.74) is -0.965. The van der Waals surface area contributed by atoms with Crippen LogP contribution in [0.25, 0.3) is 0 Å². The molecule has 0 heterocycles. The fourth-order valence-electron chi connectivity index (χ4n) is 2.43. The Labute approximate surface area is 126 Å². The third-order valence-corrected chi connectivity index (χ3v) is 3.28. The highest BCUT2D eigenvalue weighted by Gasteiger charge is 2.47. The number of carbonyl (C=O) groups is 1. The second-order valence-corrected chi connectivity index (χ2v) is 4.88. The maximum atomic E-state index is 13.5. The van der Waals surface area contributed by atoms with Crippen LogP contribution in [0.1, 0.15) is 48.5 Å². The minimum Gasteiger partial charge on any atom is -0.508 e. The lowest BCUT2D eigenvalue weighted by Gasteiger charge is -2.30. The van der Waals surface area contributed by atoms with Gasteiger partial charge < -0.3 is 14.9 Å². The van der Waals surface area contributed by atoms with Crippen LogP contribution in [-0.4, -0.2) is 35.1 Å². The smallest absolute Gasteiger partial charge is 0.398 e. The van der Waals surface area contributed by atoms with Crippen LogP contribution < -0.4 is 0 Å². The number of phenolic OH excluding ortho intramolecular Hbond substituents is 1. The molecule has 0 bridgehead atoms. The lowest BCUT2D eigenvalue weighted by atomic mass is 9.86. The van der Waals surface area contributed by atoms with Crippen LogP contribution in [0.4, 0.5) is 13.2 Å². The molecule has 22 heavy (non-hydrogen) atoms. The van der Waals surface area contributed by atoms with Gasteiger partial charge in [-0.3, -0.25) is 0 Å². The number of carboxylic acid groups (broad SMARTS) is 1. The highest BCUT2D eigenvalue weighted by Crippen LogP contribution is 2.42. The molecule has 2 unspecified atom stereocenters. The van der Waals surface area contributed by atoms with Gasteiger partial charge in [0, 0.05) is 6.61 Å². The number of aromatic carboxylic acids is 1. The third kappa shape index (κ3) is 4.37. The molecule has 0 fully saturated rings. The Morgan fingerprint density at radius 2 is 1.95 bits per heavy atom. The van der Waals surface area contributed by atoms with Crippen LogP contribution in [0.5, 0.6) is 5.75 Å². The summed E-state index contributed by atoms with van der Waals surface area (Å²) in [4.78, 5) is 11.2. The van der Waals surface area contributed by atoms with E-state index in [0.717, 1.165) is 18.2 Å². The lowest BCUT2D eigenvalue weighted by molar-refractivity contribution is -0.180. The molecule has 2 N–H and O–H groups in total. The van der Waals surface area contributed by atoms with Gasteiger partial charge in [0.25, 0.3) is 0 Å². The van der Waals surface area contributed by atoms with E-state index in [1.807, 2.05) is 0 Å². The standard InChI is InChI=1S/C15H19F3O4/c1-3-5-12(22-4-2)13(15(16,17)18)11-8-9(19)6-7-10(11)14(20)21/h6-8,12-13,19H,3-5H2,1-2H3,(H,20,21). The van der Waals surface area contributed by atoms with E-state index < -0.39 is 41.0 Å². The van der Waals surface area contributed by atoms with Crippen LogP contribution in [-0.2, 0) is 4.74 Å². The monoisotopic (exact) mass is 320 g/mol. The molecule has 0 aromatic heterocycles. The SMILES string of the molecule is CCCC(OCC)C(c1cc(O)ccc1C(=O)O)C(F)(F)F. The normalized spacial score (nSPS) is 14.6. The van der Waals surface area contributed by atoms with Crippen molar-refractivity contribution < 1.29 is 32.9 Å². The minimum absolute atomic E-state index is 0.0818. The minimum atomic E-state index is -4.69. The fraction of sp³-hybridized carbons (Fsp3) is 0.533. The van der Waals surface area contributed by atoms with Gasteiger partial charge in [0.2, 0.25) is 0 Å². The van der Waals surface area contributed by atoms with Crippen molar-refractivity contribution in [2.45, 2.75) is 44.9 Å². The summed E-state index contributed by atoms with van der Waals surface area (Å²) in [7, 11) is 0. The molecule has 0 saturated heterocycles. The van der Waals surface area contributed by atoms with E-state index in [2.05, 4.69) is 0 Å². The summed E-state index contributed by atoms with van der Waals surface area (Å²) in [5, 5.41) is 18.6. The molecule has 2 atom stereocenters. The molecule has 0 aliphatic carbocycles. The van der Waals surface area contributed by atoms with E-state index in [9.17, 15) is 23.1 Å². The van der Waals surface area contributed by atoms with Gasteiger partial charge in [0.1, 0.15) is 11.7 Å². The van der Waals surface area contributed by atoms with Gasteiger partial charge in [-0.1, -0.05) is 13.3 Å². The molecule has 0 spiro atoms. The molecule has 1 aromatic rings. The van der Waals surface area contributed by atoms with Crippen LogP contribution in [0.15, 0.2) is 18.2 Å². The molecular weight excluding hydrogens is 301 g/mol. The number of hydrogen-bond acceptors (Lipinski definition) is 3. The van der Waals surface area contributed by atoms with Crippen molar-refractivity contribution in [2.75, 3.05) is 6.61 Å². The Balaban J connectivity index is 3.45. The van der Waals surface area contributed by atoms with Gasteiger partial charge in [-0.2, -0.15) is 13.2 Å². The van der Waals surface area contributed by atoms with Crippen LogP contribution in [0, 0.1) is 0 Å². The highest BCUT2D eigenvalue weighted by molar-refractivity contribution is 5.90. The largest absolute Gasteiger partial charge is 0.508 e. The number of aromatic hydroxyl groups is 1. The second kappa shape index (κ2) is 7.49. The van der Waals surface area contributed by atoms with Gasteiger partial charge in [-0.05, 0) is 37.1 Å². The zero-order valence-electron chi connectivity index (χ0n) is 12.4. The molecule has 7 heteroatoms. The molecule has 0 aliphatic rings. The van der Waals surface area contributed by atoms with Crippen molar-refractivity contribution in [3.05, 3.63) is 29.3 Å². The molecule has 0 aliphatic heterocycles. The summed E-state index contributed by atoms with van der Waals surface area (Å²) in [6.45, 7) is 3.38. The molecule has 0 radical (unpaired) electrons. The van der Waals surface area contributed by atoms with Gasteiger partial charge in [-0.25, -0.2) is 4.79 Å². The average molecular weight is 320 g/mol. The topological polar surface area (TPSA) is 66.8 Å². The Morgan fingerprint density at radius 1 is 1.32 bits per heavy atom. The summed E-state index contributed by atoms with van der Waals surface area (Å²) in [5.74, 6) is -4.00. The van der Waals surface area contributed by atoms with E-state index in [1.54, 1.807) is 13.8 Å². The zero-order valence-corrected chi connectivity index (χ0v) is 12.4. The lowest BCUT2D eigenvalue weighted by Crippen LogP contribution is -2.35. The Hall–Kier alpha value is -1.76. The quantitative estimate of drug-likeness (QED) is 0.798. The maximum absolute atomic E-state index is 13.5. The predicted octanol–water partition coefficient (Wildman–Crippen LogP) is 3.94. The van der Waals surface area contributed by atoms with Crippen LogP contribution >= 0.6 is 0 Å². The summed E-state index contributed by atoms with van der Waals surface area (Å²) in [6, 6.07) is 2.87. The predicted molar refractivity (Wildman–Crippen MR) is 74.2 cm³/mol. The zero-order chi connectivity index (χ0) is 16.9. The number of halogens is 3. The molecule has 1 rings (SSSR count). The van der Waals surface area contributed by atoms with Crippen molar-refractivity contribution in [1.82, 2.24) is 0 Å². The first-order chi connectivity index (χ1) is 10.2. The van der Waals surface area contributed by atoms with E-state index >= 15 is 0 Å². The molecule has 4 nitrogen and oxygen atoms in total. The van der Waals surface area contributed by atoms with E-state index in [0.29, 0.717) is 6.42 Å². The second-order valence-electron chi connectivity index (χ2n) is 4.88. The average Bonchev–Trinajstić information content (AvgIpc) is 2.37. The summed E-state index contributed by atoms with van der Waals surface area (Å²) >= 11 is 0. The number of benzene rings is 1. The number of ether oxygens (including phenoxy) is 1. The van der Waals surface area contributed by atoms with Crippen molar-refractivity contribution in [3.8, 4) is 5.75 Å². The number of rotatable bonds is 7. The Kier molecular flexibility index (Phi) is 6.22. The van der Waals surface area contributed by atoms with Crippen molar-refractivity contribution in [3.63, 3.8) is 0 Å². The van der Waals surface area contributed by atoms with E-state index in [1.165, 1.54) is 0 Å². The number of hydrogen-bond donors (Lipinski definition) is 2. The first-order valence-corrected chi connectivity index (χ1v) is 6.96.